The number of carbonyl (C=O) groups excluding carboxylic acids is 1. The second kappa shape index (κ2) is 10.5. The number of nitrogens with zero attached hydrogens (tertiary/aromatic N) is 5. The Morgan fingerprint density at radius 1 is 1.10 bits per heavy atom. The first kappa shape index (κ1) is 26.3. The van der Waals surface area contributed by atoms with Gasteiger partial charge in [-0.05, 0) is 63.4 Å². The number of fused-ring (bicyclic) bond motifs is 1. The van der Waals surface area contributed by atoms with Crippen LogP contribution in [0.5, 0.6) is 0 Å². The zero-order chi connectivity index (χ0) is 27.7. The number of carbonyl (C=O) groups is 1. The summed E-state index contributed by atoms with van der Waals surface area (Å²) in [6.45, 7) is 8.98. The molecule has 3 aromatic heterocycles. The highest BCUT2D eigenvalue weighted by molar-refractivity contribution is 5.74. The molecule has 1 aliphatic rings. The van der Waals surface area contributed by atoms with Crippen LogP contribution in [-0.2, 0) is 4.74 Å². The number of hydrogen-bond donors (Lipinski definition) is 2. The van der Waals surface area contributed by atoms with Crippen LogP contribution in [0.3, 0.4) is 0 Å². The Labute approximate surface area is 225 Å². The van der Waals surface area contributed by atoms with Crippen molar-refractivity contribution in [2.24, 2.45) is 5.92 Å². The van der Waals surface area contributed by atoms with Crippen molar-refractivity contribution >= 4 is 28.9 Å². The maximum atomic E-state index is 14.4. The number of aromatic nitrogens is 4. The van der Waals surface area contributed by atoms with Crippen molar-refractivity contribution in [1.29, 1.82) is 0 Å². The van der Waals surface area contributed by atoms with Crippen molar-refractivity contribution in [3.8, 4) is 11.3 Å². The number of rotatable bonds is 5. The number of imidazole rings is 1. The van der Waals surface area contributed by atoms with Crippen molar-refractivity contribution in [2.45, 2.75) is 45.8 Å². The van der Waals surface area contributed by atoms with Gasteiger partial charge in [0, 0.05) is 19.3 Å². The lowest BCUT2D eigenvalue weighted by atomic mass is 9.93. The molecule has 2 N–H and O–H groups in total. The molecule has 4 aromatic rings. The van der Waals surface area contributed by atoms with Crippen LogP contribution in [0.15, 0.2) is 55.0 Å². The highest BCUT2D eigenvalue weighted by atomic mass is 19.1. The standard InChI is InChI=1S/C28H31F2N7O2/c1-17-11-13-36(16-23(17)34-27(38)39-28(2,3)4)24-10-12-31-15-22(24)33-26-32-14-18-8-9-21(35-37(18)26)25-19(29)6-5-7-20(25)30/h5-10,12,14-15,17,23H,11,13,16H2,1-4H3,(H,32,33)(H,34,38)/t17-,23-/m1/s1. The largest absolute Gasteiger partial charge is 0.444 e. The first-order valence-corrected chi connectivity index (χ1v) is 12.8. The van der Waals surface area contributed by atoms with E-state index in [1.165, 1.54) is 22.7 Å². The smallest absolute Gasteiger partial charge is 0.407 e. The third-order valence-electron chi connectivity index (χ3n) is 6.65. The van der Waals surface area contributed by atoms with Crippen LogP contribution in [0.4, 0.5) is 30.9 Å². The number of benzene rings is 1. The summed E-state index contributed by atoms with van der Waals surface area (Å²) in [5.41, 5.74) is 1.57. The summed E-state index contributed by atoms with van der Waals surface area (Å²) in [6.07, 6.45) is 5.44. The minimum atomic E-state index is -0.695. The summed E-state index contributed by atoms with van der Waals surface area (Å²) in [7, 11) is 0. The molecule has 39 heavy (non-hydrogen) atoms. The maximum Gasteiger partial charge on any atom is 0.407 e. The van der Waals surface area contributed by atoms with Gasteiger partial charge >= 0.3 is 6.09 Å². The Kier molecular flexibility index (Phi) is 7.07. The molecule has 0 unspecified atom stereocenters. The van der Waals surface area contributed by atoms with E-state index >= 15 is 0 Å². The highest BCUT2D eigenvalue weighted by Gasteiger charge is 2.30. The number of amides is 1. The van der Waals surface area contributed by atoms with Crippen molar-refractivity contribution < 1.29 is 18.3 Å². The summed E-state index contributed by atoms with van der Waals surface area (Å²) in [6, 6.07) is 8.76. The molecule has 204 valence electrons. The Bertz CT molecular complexity index is 1480. The second-order valence-corrected chi connectivity index (χ2v) is 10.7. The molecule has 5 rings (SSSR count). The molecule has 11 heteroatoms. The zero-order valence-corrected chi connectivity index (χ0v) is 22.3. The number of halogens is 2. The minimum absolute atomic E-state index is 0.109. The predicted molar refractivity (Wildman–Crippen MR) is 145 cm³/mol. The van der Waals surface area contributed by atoms with Crippen LogP contribution in [-0.4, -0.2) is 50.4 Å². The molecule has 0 spiro atoms. The third kappa shape index (κ3) is 5.76. The van der Waals surface area contributed by atoms with Crippen LogP contribution in [0.1, 0.15) is 34.1 Å². The van der Waals surface area contributed by atoms with Gasteiger partial charge in [0.05, 0.1) is 46.6 Å². The number of anilines is 3. The van der Waals surface area contributed by atoms with Crippen LogP contribution in [0.2, 0.25) is 0 Å². The van der Waals surface area contributed by atoms with Crippen LogP contribution >= 0.6 is 0 Å². The van der Waals surface area contributed by atoms with Gasteiger partial charge in [0.2, 0.25) is 5.95 Å². The number of nitrogens with one attached hydrogen (secondary N) is 2. The van der Waals surface area contributed by atoms with E-state index in [2.05, 4.69) is 37.5 Å². The van der Waals surface area contributed by atoms with Gasteiger partial charge in [-0.1, -0.05) is 13.0 Å². The molecule has 1 amide bonds. The predicted octanol–water partition coefficient (Wildman–Crippen LogP) is 5.55. The molecule has 4 heterocycles. The van der Waals surface area contributed by atoms with E-state index in [-0.39, 0.29) is 23.2 Å². The lowest BCUT2D eigenvalue weighted by Crippen LogP contribution is -2.53. The van der Waals surface area contributed by atoms with Gasteiger partial charge in [-0.2, -0.15) is 9.61 Å². The number of hydrogen-bond acceptors (Lipinski definition) is 7. The number of ether oxygens (including phenoxy) is 1. The summed E-state index contributed by atoms with van der Waals surface area (Å²) in [4.78, 5) is 23.3. The molecule has 2 atom stereocenters. The van der Waals surface area contributed by atoms with E-state index in [0.717, 1.165) is 18.7 Å². The summed E-state index contributed by atoms with van der Waals surface area (Å²) in [5, 5.41) is 10.8. The van der Waals surface area contributed by atoms with Crippen LogP contribution < -0.4 is 15.5 Å². The molecule has 9 nitrogen and oxygen atoms in total. The van der Waals surface area contributed by atoms with Crippen molar-refractivity contribution in [3.63, 3.8) is 0 Å². The molecule has 0 radical (unpaired) electrons. The van der Waals surface area contributed by atoms with Gasteiger partial charge < -0.3 is 20.3 Å². The van der Waals surface area contributed by atoms with Gasteiger partial charge in [0.15, 0.2) is 0 Å². The fraction of sp³-hybridized carbons (Fsp3) is 0.357. The van der Waals surface area contributed by atoms with E-state index in [0.29, 0.717) is 23.7 Å². The van der Waals surface area contributed by atoms with Crippen molar-refractivity contribution in [1.82, 2.24) is 24.9 Å². The SMILES string of the molecule is C[C@@H]1CCN(c2ccncc2Nc2ncc3ccc(-c4c(F)cccc4F)nn23)C[C@H]1NC(=O)OC(C)(C)C. The van der Waals surface area contributed by atoms with Crippen LogP contribution in [0, 0.1) is 17.6 Å². The fourth-order valence-electron chi connectivity index (χ4n) is 4.66. The Balaban J connectivity index is 1.40. The van der Waals surface area contributed by atoms with Gasteiger partial charge in [0.1, 0.15) is 17.2 Å². The lowest BCUT2D eigenvalue weighted by Gasteiger charge is -2.39. The quantitative estimate of drug-likeness (QED) is 0.346. The van der Waals surface area contributed by atoms with Gasteiger partial charge in [0.25, 0.3) is 0 Å². The fourth-order valence-corrected chi connectivity index (χ4v) is 4.66. The van der Waals surface area contributed by atoms with Crippen molar-refractivity contribution in [3.05, 3.63) is 66.6 Å². The van der Waals surface area contributed by atoms with Gasteiger partial charge in [-0.15, -0.1) is 0 Å². The summed E-state index contributed by atoms with van der Waals surface area (Å²) >= 11 is 0. The molecule has 0 aliphatic carbocycles. The lowest BCUT2D eigenvalue weighted by molar-refractivity contribution is 0.0483. The van der Waals surface area contributed by atoms with E-state index in [1.807, 2.05) is 26.8 Å². The minimum Gasteiger partial charge on any atom is -0.444 e. The average molecular weight is 536 g/mol. The molecule has 1 aliphatic heterocycles. The summed E-state index contributed by atoms with van der Waals surface area (Å²) in [5.74, 6) is -0.754. The van der Waals surface area contributed by atoms with E-state index in [1.54, 1.807) is 30.7 Å². The van der Waals surface area contributed by atoms with Crippen LogP contribution in [0.25, 0.3) is 16.8 Å². The topological polar surface area (TPSA) is 96.7 Å². The molecular weight excluding hydrogens is 504 g/mol. The second-order valence-electron chi connectivity index (χ2n) is 10.7. The molecule has 1 fully saturated rings. The number of pyridine rings is 1. The first-order chi connectivity index (χ1) is 18.6. The summed E-state index contributed by atoms with van der Waals surface area (Å²) < 4.78 is 35.8. The maximum absolute atomic E-state index is 14.4. The Morgan fingerprint density at radius 2 is 1.87 bits per heavy atom. The normalized spacial score (nSPS) is 17.7. The van der Waals surface area contributed by atoms with E-state index in [4.69, 9.17) is 4.74 Å². The molecule has 1 aromatic carbocycles. The molecular formula is C28H31F2N7O2. The Morgan fingerprint density at radius 3 is 2.62 bits per heavy atom. The van der Waals surface area contributed by atoms with Gasteiger partial charge in [-0.3, -0.25) is 4.98 Å². The van der Waals surface area contributed by atoms with Crippen molar-refractivity contribution in [2.75, 3.05) is 23.3 Å². The molecule has 0 bridgehead atoms. The average Bonchev–Trinajstić information content (AvgIpc) is 3.26. The monoisotopic (exact) mass is 535 g/mol. The Hall–Kier alpha value is -4.28. The highest BCUT2D eigenvalue weighted by Crippen LogP contribution is 2.32. The van der Waals surface area contributed by atoms with Gasteiger partial charge in [-0.25, -0.2) is 18.6 Å². The number of piperidine rings is 1. The van der Waals surface area contributed by atoms with E-state index in [9.17, 15) is 13.6 Å². The third-order valence-corrected chi connectivity index (χ3v) is 6.65. The molecule has 1 saturated heterocycles. The zero-order valence-electron chi connectivity index (χ0n) is 22.3. The molecule has 0 saturated carbocycles. The van der Waals surface area contributed by atoms with E-state index < -0.39 is 23.3 Å². The first-order valence-electron chi connectivity index (χ1n) is 12.8. The number of alkyl carbamates (subject to hydrolysis) is 1.